The zero-order valence-electron chi connectivity index (χ0n) is 11.3. The lowest BCUT2D eigenvalue weighted by Crippen LogP contribution is -2.04. The summed E-state index contributed by atoms with van der Waals surface area (Å²) in [5.41, 5.74) is 2.82. The lowest BCUT2D eigenvalue weighted by molar-refractivity contribution is -0.108. The van der Waals surface area contributed by atoms with Crippen LogP contribution < -0.4 is 0 Å². The Morgan fingerprint density at radius 3 is 2.75 bits per heavy atom. The van der Waals surface area contributed by atoms with E-state index < -0.39 is 6.29 Å². The van der Waals surface area contributed by atoms with E-state index in [4.69, 9.17) is 9.47 Å². The number of nitrogens with zero attached hydrogens (tertiary/aromatic N) is 2. The third kappa shape index (κ3) is 2.58. The first-order valence-electron chi connectivity index (χ1n) is 6.23. The van der Waals surface area contributed by atoms with Gasteiger partial charge in [0, 0.05) is 19.6 Å². The minimum Gasteiger partial charge on any atom is -0.350 e. The second-order valence-corrected chi connectivity index (χ2v) is 5.29. The molecule has 1 N–H and O–H groups in total. The van der Waals surface area contributed by atoms with Gasteiger partial charge in [-0.1, -0.05) is 12.1 Å². The fourth-order valence-electron chi connectivity index (χ4n) is 2.08. The van der Waals surface area contributed by atoms with Crippen molar-refractivity contribution in [3.05, 3.63) is 46.2 Å². The zero-order valence-corrected chi connectivity index (χ0v) is 12.1. The van der Waals surface area contributed by atoms with Gasteiger partial charge in [-0.05, 0) is 12.1 Å². The van der Waals surface area contributed by atoms with Crippen molar-refractivity contribution in [1.82, 2.24) is 15.0 Å². The maximum atomic E-state index is 5.20. The van der Waals surface area contributed by atoms with Crippen molar-refractivity contribution < 1.29 is 9.47 Å². The summed E-state index contributed by atoms with van der Waals surface area (Å²) >= 11 is 1.58. The predicted molar refractivity (Wildman–Crippen MR) is 77.8 cm³/mol. The number of benzene rings is 1. The summed E-state index contributed by atoms with van der Waals surface area (Å²) in [7, 11) is 3.21. The first-order valence-corrected chi connectivity index (χ1v) is 7.11. The summed E-state index contributed by atoms with van der Waals surface area (Å²) in [5.74, 6) is 0.915. The number of methoxy groups -OCH3 is 2. The number of hydrogen-bond acceptors (Lipinski definition) is 5. The SMILES string of the molecule is COC(OC)c1csc(Cc2nc3ccccc3[nH]2)n1. The number of aromatic amines is 1. The quantitative estimate of drug-likeness (QED) is 0.734. The van der Waals surface area contributed by atoms with Crippen molar-refractivity contribution in [3.63, 3.8) is 0 Å². The van der Waals surface area contributed by atoms with Crippen LogP contribution in [0.1, 0.15) is 22.8 Å². The van der Waals surface area contributed by atoms with Gasteiger partial charge in [-0.2, -0.15) is 0 Å². The summed E-state index contributed by atoms with van der Waals surface area (Å²) in [6, 6.07) is 7.99. The molecule has 0 fully saturated rings. The zero-order chi connectivity index (χ0) is 13.9. The van der Waals surface area contributed by atoms with E-state index in [0.717, 1.165) is 27.6 Å². The molecule has 0 bridgehead atoms. The van der Waals surface area contributed by atoms with Gasteiger partial charge in [0.05, 0.1) is 17.5 Å². The molecule has 0 saturated carbocycles. The number of hydrogen-bond donors (Lipinski definition) is 1. The number of H-pyrrole nitrogens is 1. The number of imidazole rings is 1. The van der Waals surface area contributed by atoms with Gasteiger partial charge in [0.25, 0.3) is 0 Å². The molecule has 0 aliphatic carbocycles. The largest absolute Gasteiger partial charge is 0.350 e. The standard InChI is InChI=1S/C14H15N3O2S/c1-18-14(19-2)11-8-20-13(17-11)7-12-15-9-5-3-4-6-10(9)16-12/h3-6,8,14H,7H2,1-2H3,(H,15,16). The highest BCUT2D eigenvalue weighted by molar-refractivity contribution is 7.09. The van der Waals surface area contributed by atoms with Gasteiger partial charge in [0.1, 0.15) is 16.5 Å². The van der Waals surface area contributed by atoms with E-state index in [1.165, 1.54) is 0 Å². The van der Waals surface area contributed by atoms with Gasteiger partial charge in [0.2, 0.25) is 6.29 Å². The van der Waals surface area contributed by atoms with Gasteiger partial charge < -0.3 is 14.5 Å². The van der Waals surface area contributed by atoms with Crippen LogP contribution in [0.25, 0.3) is 11.0 Å². The monoisotopic (exact) mass is 289 g/mol. The normalized spacial score (nSPS) is 11.6. The average Bonchev–Trinajstić information content (AvgIpc) is 3.07. The molecule has 0 radical (unpaired) electrons. The molecule has 3 rings (SSSR count). The Bertz CT molecular complexity index is 670. The summed E-state index contributed by atoms with van der Waals surface area (Å²) < 4.78 is 10.4. The van der Waals surface area contributed by atoms with E-state index in [0.29, 0.717) is 6.42 Å². The van der Waals surface area contributed by atoms with Crippen LogP contribution in [0.15, 0.2) is 29.6 Å². The molecule has 6 heteroatoms. The third-order valence-corrected chi connectivity index (χ3v) is 3.86. The van der Waals surface area contributed by atoms with Gasteiger partial charge in [-0.25, -0.2) is 9.97 Å². The van der Waals surface area contributed by atoms with Crippen LogP contribution in [-0.4, -0.2) is 29.2 Å². The summed E-state index contributed by atoms with van der Waals surface area (Å²) in [6.07, 6.45) is 0.273. The molecule has 104 valence electrons. The van der Waals surface area contributed by atoms with Crippen LogP contribution in [-0.2, 0) is 15.9 Å². The molecule has 1 aromatic carbocycles. The fourth-order valence-corrected chi connectivity index (χ4v) is 2.88. The van der Waals surface area contributed by atoms with Crippen molar-refractivity contribution in [3.8, 4) is 0 Å². The maximum Gasteiger partial charge on any atom is 0.201 e. The topological polar surface area (TPSA) is 60.0 Å². The number of aromatic nitrogens is 3. The van der Waals surface area contributed by atoms with Crippen LogP contribution >= 0.6 is 11.3 Å². The second kappa shape index (κ2) is 5.70. The number of fused-ring (bicyclic) bond motifs is 1. The molecular weight excluding hydrogens is 274 g/mol. The van der Waals surface area contributed by atoms with Crippen molar-refractivity contribution >= 4 is 22.4 Å². The Kier molecular flexibility index (Phi) is 3.77. The number of thiazole rings is 1. The Labute approximate surface area is 120 Å². The minimum absolute atomic E-state index is 0.407. The molecular formula is C14H15N3O2S. The second-order valence-electron chi connectivity index (χ2n) is 4.35. The minimum atomic E-state index is -0.407. The Hall–Kier alpha value is -1.76. The molecule has 2 heterocycles. The number of para-hydroxylation sites is 2. The van der Waals surface area contributed by atoms with Crippen LogP contribution in [0, 0.1) is 0 Å². The van der Waals surface area contributed by atoms with E-state index in [1.54, 1.807) is 25.6 Å². The van der Waals surface area contributed by atoms with E-state index in [1.807, 2.05) is 29.6 Å². The summed E-state index contributed by atoms with van der Waals surface area (Å²) in [6.45, 7) is 0. The fraction of sp³-hybridized carbons (Fsp3) is 0.286. The first-order chi connectivity index (χ1) is 9.80. The van der Waals surface area contributed by atoms with E-state index in [-0.39, 0.29) is 0 Å². The molecule has 0 aliphatic heterocycles. The van der Waals surface area contributed by atoms with Crippen LogP contribution in [0.5, 0.6) is 0 Å². The molecule has 2 aromatic heterocycles. The Morgan fingerprint density at radius 2 is 2.00 bits per heavy atom. The van der Waals surface area contributed by atoms with E-state index in [9.17, 15) is 0 Å². The van der Waals surface area contributed by atoms with Gasteiger partial charge >= 0.3 is 0 Å². The first kappa shape index (κ1) is 13.2. The highest BCUT2D eigenvalue weighted by Gasteiger charge is 2.14. The molecule has 0 unspecified atom stereocenters. The Balaban J connectivity index is 1.80. The molecule has 0 saturated heterocycles. The number of nitrogens with one attached hydrogen (secondary N) is 1. The molecule has 3 aromatic rings. The van der Waals surface area contributed by atoms with Gasteiger partial charge in [-0.3, -0.25) is 0 Å². The van der Waals surface area contributed by atoms with Gasteiger partial charge in [-0.15, -0.1) is 11.3 Å². The van der Waals surface area contributed by atoms with Crippen LogP contribution in [0.4, 0.5) is 0 Å². The molecule has 20 heavy (non-hydrogen) atoms. The van der Waals surface area contributed by atoms with E-state index in [2.05, 4.69) is 15.0 Å². The summed E-state index contributed by atoms with van der Waals surface area (Å²) in [4.78, 5) is 12.4. The predicted octanol–water partition coefficient (Wildman–Crippen LogP) is 2.90. The summed E-state index contributed by atoms with van der Waals surface area (Å²) in [5, 5.41) is 2.94. The highest BCUT2D eigenvalue weighted by atomic mass is 32.1. The molecule has 5 nitrogen and oxygen atoms in total. The molecule has 0 atom stereocenters. The lowest BCUT2D eigenvalue weighted by Gasteiger charge is -2.09. The maximum absolute atomic E-state index is 5.20. The highest BCUT2D eigenvalue weighted by Crippen LogP contribution is 2.22. The smallest absolute Gasteiger partial charge is 0.201 e. The van der Waals surface area contributed by atoms with Crippen LogP contribution in [0.2, 0.25) is 0 Å². The molecule has 0 aliphatic rings. The van der Waals surface area contributed by atoms with Crippen molar-refractivity contribution in [2.45, 2.75) is 12.7 Å². The van der Waals surface area contributed by atoms with E-state index >= 15 is 0 Å². The Morgan fingerprint density at radius 1 is 1.20 bits per heavy atom. The molecule has 0 amide bonds. The number of rotatable bonds is 5. The number of ether oxygens (including phenoxy) is 2. The third-order valence-electron chi connectivity index (χ3n) is 3.00. The van der Waals surface area contributed by atoms with Crippen molar-refractivity contribution in [1.29, 1.82) is 0 Å². The molecule has 0 spiro atoms. The average molecular weight is 289 g/mol. The van der Waals surface area contributed by atoms with Gasteiger partial charge in [0.15, 0.2) is 0 Å². The lowest BCUT2D eigenvalue weighted by atomic mass is 10.3. The van der Waals surface area contributed by atoms with Crippen molar-refractivity contribution in [2.24, 2.45) is 0 Å². The van der Waals surface area contributed by atoms with Crippen LogP contribution in [0.3, 0.4) is 0 Å². The van der Waals surface area contributed by atoms with Crippen molar-refractivity contribution in [2.75, 3.05) is 14.2 Å².